The Morgan fingerprint density at radius 1 is 1.00 bits per heavy atom. The molecule has 1 aromatic rings. The summed E-state index contributed by atoms with van der Waals surface area (Å²) in [7, 11) is 0. The molecule has 7 nitrogen and oxygen atoms in total. The number of hydrogen-bond donors (Lipinski definition) is 0. The van der Waals surface area contributed by atoms with Gasteiger partial charge < -0.3 is 9.47 Å². The summed E-state index contributed by atoms with van der Waals surface area (Å²) in [4.78, 5) is 26.8. The normalized spacial score (nSPS) is 23.1. The molecule has 0 aromatic carbocycles. The van der Waals surface area contributed by atoms with E-state index in [4.69, 9.17) is 14.6 Å². The van der Waals surface area contributed by atoms with Crippen molar-refractivity contribution < 1.29 is 19.1 Å². The van der Waals surface area contributed by atoms with E-state index in [0.717, 1.165) is 24.2 Å². The third-order valence-electron chi connectivity index (χ3n) is 7.05. The Hall–Kier alpha value is -2.31. The van der Waals surface area contributed by atoms with E-state index in [-0.39, 0.29) is 5.92 Å². The van der Waals surface area contributed by atoms with Crippen molar-refractivity contribution in [2.75, 3.05) is 6.54 Å². The predicted octanol–water partition coefficient (Wildman–Crippen LogP) is 7.23. The van der Waals surface area contributed by atoms with E-state index in [1.165, 1.54) is 54.5 Å². The van der Waals surface area contributed by atoms with Crippen molar-refractivity contribution in [3.8, 4) is 0 Å². The second-order valence-corrected chi connectivity index (χ2v) is 12.7. The van der Waals surface area contributed by atoms with Gasteiger partial charge in [-0.3, -0.25) is 4.68 Å². The number of rotatable bonds is 5. The van der Waals surface area contributed by atoms with Gasteiger partial charge in [-0.05, 0) is 111 Å². The minimum atomic E-state index is -0.684. The second-order valence-electron chi connectivity index (χ2n) is 12.7. The maximum absolute atomic E-state index is 12.8. The fourth-order valence-corrected chi connectivity index (χ4v) is 5.09. The van der Waals surface area contributed by atoms with Gasteiger partial charge >= 0.3 is 12.2 Å². The average Bonchev–Trinajstić information content (AvgIpc) is 3.44. The fraction of sp³-hybridized carbons (Fsp3) is 0.750. The summed E-state index contributed by atoms with van der Waals surface area (Å²) in [5.74, 6) is 0.812. The molecule has 0 atom stereocenters. The summed E-state index contributed by atoms with van der Waals surface area (Å²) in [6, 6.07) is 0.301. The molecule has 0 saturated heterocycles. The highest BCUT2D eigenvalue weighted by Crippen LogP contribution is 2.46. The first-order valence-corrected chi connectivity index (χ1v) is 13.3. The SMILES string of the molecule is CC1=C(c2cn([C@H]3C[C@H](CN(C(=O)OC(C)(C)C)C(=O)OC(C)(C)C)C3)nc2C2CC2)CCCC1. The third kappa shape index (κ3) is 6.47. The second kappa shape index (κ2) is 9.62. The van der Waals surface area contributed by atoms with Crippen molar-refractivity contribution >= 4 is 17.8 Å². The monoisotopic (exact) mass is 485 g/mol. The molecule has 4 rings (SSSR count). The van der Waals surface area contributed by atoms with Gasteiger partial charge in [0, 0.05) is 24.2 Å². The molecule has 0 aliphatic heterocycles. The molecular formula is C28H43N3O4. The molecule has 7 heteroatoms. The molecule has 0 radical (unpaired) electrons. The molecule has 1 heterocycles. The van der Waals surface area contributed by atoms with Crippen LogP contribution < -0.4 is 0 Å². The maximum atomic E-state index is 12.8. The van der Waals surface area contributed by atoms with Gasteiger partial charge in [-0.2, -0.15) is 5.10 Å². The fourth-order valence-electron chi connectivity index (χ4n) is 5.09. The van der Waals surface area contributed by atoms with E-state index < -0.39 is 23.4 Å². The van der Waals surface area contributed by atoms with Gasteiger partial charge in [0.1, 0.15) is 11.2 Å². The molecule has 35 heavy (non-hydrogen) atoms. The highest BCUT2D eigenvalue weighted by atomic mass is 16.6. The Labute approximate surface area is 210 Å². The van der Waals surface area contributed by atoms with Crippen LogP contribution in [0.25, 0.3) is 5.57 Å². The van der Waals surface area contributed by atoms with Crippen LogP contribution in [-0.2, 0) is 9.47 Å². The van der Waals surface area contributed by atoms with E-state index in [2.05, 4.69) is 17.8 Å². The summed E-state index contributed by atoms with van der Waals surface area (Å²) in [6.45, 7) is 13.4. The van der Waals surface area contributed by atoms with Crippen LogP contribution >= 0.6 is 0 Å². The molecule has 3 aliphatic rings. The van der Waals surface area contributed by atoms with E-state index in [1.54, 1.807) is 41.5 Å². The summed E-state index contributed by atoms with van der Waals surface area (Å²) in [6.07, 6.45) is 10.1. The van der Waals surface area contributed by atoms with Gasteiger partial charge in [0.2, 0.25) is 0 Å². The van der Waals surface area contributed by atoms with Crippen LogP contribution in [-0.4, -0.2) is 44.6 Å². The Bertz CT molecular complexity index is 957. The smallest absolute Gasteiger partial charge is 0.419 e. The van der Waals surface area contributed by atoms with Crippen LogP contribution in [0.15, 0.2) is 11.8 Å². The number of ether oxygens (including phenoxy) is 2. The summed E-state index contributed by atoms with van der Waals surface area (Å²) in [5.41, 5.74) is 4.33. The number of carbonyl (C=O) groups excluding carboxylic acids is 2. The van der Waals surface area contributed by atoms with Crippen molar-refractivity contribution in [3.63, 3.8) is 0 Å². The molecule has 1 aromatic heterocycles. The summed E-state index contributed by atoms with van der Waals surface area (Å²) >= 11 is 0. The molecule has 0 unspecified atom stereocenters. The van der Waals surface area contributed by atoms with E-state index in [9.17, 15) is 9.59 Å². The quantitative estimate of drug-likeness (QED) is 0.440. The van der Waals surface area contributed by atoms with E-state index in [0.29, 0.717) is 18.5 Å². The maximum Gasteiger partial charge on any atom is 0.419 e. The number of nitrogens with zero attached hydrogens (tertiary/aromatic N) is 3. The molecule has 3 aliphatic carbocycles. The lowest BCUT2D eigenvalue weighted by atomic mass is 9.80. The highest BCUT2D eigenvalue weighted by Gasteiger charge is 2.39. The van der Waals surface area contributed by atoms with Gasteiger partial charge in [0.25, 0.3) is 0 Å². The molecule has 0 N–H and O–H groups in total. The van der Waals surface area contributed by atoms with Crippen molar-refractivity contribution in [2.24, 2.45) is 5.92 Å². The molecule has 194 valence electrons. The molecule has 0 bridgehead atoms. The van der Waals surface area contributed by atoms with Crippen molar-refractivity contribution in [3.05, 3.63) is 23.0 Å². The Kier molecular flexibility index (Phi) is 7.09. The first-order valence-electron chi connectivity index (χ1n) is 13.3. The minimum absolute atomic E-state index is 0.202. The standard InChI is InChI=1S/C28H43N3O4/c1-18-10-8-9-11-22(18)23-17-31(29-24(23)20-12-13-20)21-14-19(15-21)16-30(25(32)34-27(2,3)4)26(33)35-28(5,6)7/h17,19-21H,8-16H2,1-7H3/t19-,21-. The molecule has 2 saturated carbocycles. The van der Waals surface area contributed by atoms with Crippen molar-refractivity contribution in [2.45, 2.75) is 123 Å². The zero-order valence-electron chi connectivity index (χ0n) is 22.6. The molecule has 2 fully saturated rings. The largest absolute Gasteiger partial charge is 0.443 e. The van der Waals surface area contributed by atoms with Crippen LogP contribution in [0, 0.1) is 5.92 Å². The van der Waals surface area contributed by atoms with Gasteiger partial charge in [0.15, 0.2) is 0 Å². The number of carbonyl (C=O) groups is 2. The number of amides is 2. The van der Waals surface area contributed by atoms with Crippen molar-refractivity contribution in [1.82, 2.24) is 14.7 Å². The summed E-state index contributed by atoms with van der Waals surface area (Å²) in [5, 5.41) is 5.07. The van der Waals surface area contributed by atoms with Gasteiger partial charge in [-0.25, -0.2) is 14.5 Å². The van der Waals surface area contributed by atoms with E-state index in [1.807, 2.05) is 0 Å². The predicted molar refractivity (Wildman–Crippen MR) is 136 cm³/mol. The van der Waals surface area contributed by atoms with Crippen LogP contribution in [0.5, 0.6) is 0 Å². The van der Waals surface area contributed by atoms with Crippen LogP contribution in [0.3, 0.4) is 0 Å². The van der Waals surface area contributed by atoms with Crippen LogP contribution in [0.4, 0.5) is 9.59 Å². The molecular weight excluding hydrogens is 442 g/mol. The van der Waals surface area contributed by atoms with Crippen LogP contribution in [0.1, 0.15) is 123 Å². The van der Waals surface area contributed by atoms with Gasteiger partial charge in [-0.15, -0.1) is 0 Å². The third-order valence-corrected chi connectivity index (χ3v) is 7.05. The first-order chi connectivity index (χ1) is 16.3. The lowest BCUT2D eigenvalue weighted by Gasteiger charge is -2.38. The number of imide groups is 1. The van der Waals surface area contributed by atoms with E-state index >= 15 is 0 Å². The minimum Gasteiger partial charge on any atom is -0.443 e. The van der Waals surface area contributed by atoms with Gasteiger partial charge in [-0.1, -0.05) is 5.57 Å². The number of aromatic nitrogens is 2. The summed E-state index contributed by atoms with van der Waals surface area (Å²) < 4.78 is 13.2. The zero-order chi connectivity index (χ0) is 25.5. The first kappa shape index (κ1) is 25.8. The van der Waals surface area contributed by atoms with Crippen LogP contribution in [0.2, 0.25) is 0 Å². The van der Waals surface area contributed by atoms with Crippen molar-refractivity contribution in [1.29, 1.82) is 0 Å². The van der Waals surface area contributed by atoms with Gasteiger partial charge in [0.05, 0.1) is 11.7 Å². The Morgan fingerprint density at radius 2 is 1.57 bits per heavy atom. The molecule has 0 spiro atoms. The highest BCUT2D eigenvalue weighted by molar-refractivity contribution is 5.88. The lowest BCUT2D eigenvalue weighted by Crippen LogP contribution is -2.47. The topological polar surface area (TPSA) is 73.7 Å². The Balaban J connectivity index is 1.44. The lowest BCUT2D eigenvalue weighted by molar-refractivity contribution is -0.00641. The Morgan fingerprint density at radius 3 is 2.09 bits per heavy atom. The number of hydrogen-bond acceptors (Lipinski definition) is 5. The average molecular weight is 486 g/mol. The zero-order valence-corrected chi connectivity index (χ0v) is 22.6. The number of allylic oxidation sites excluding steroid dienone is 2. The molecule has 2 amide bonds.